The Labute approximate surface area is 177 Å². The van der Waals surface area contributed by atoms with Gasteiger partial charge >= 0.3 is 0 Å². The molecule has 3 N–H and O–H groups in total. The standard InChI is InChI=1S/C23H20ClFN2OS/c1-23(2,28)14-9-10-27-18(12-14)15-6-3-5-13-11-19(29-22(13)15)21(26)20-16(24)7-4-8-17(20)25/h3-12,21,28H,26H2,1-2H3/t21-/m0/s1. The van der Waals surface area contributed by atoms with Gasteiger partial charge in [-0.15, -0.1) is 11.3 Å². The van der Waals surface area contributed by atoms with Crippen molar-refractivity contribution >= 4 is 33.0 Å². The topological polar surface area (TPSA) is 59.1 Å². The predicted octanol–water partition coefficient (Wildman–Crippen LogP) is 6.03. The van der Waals surface area contributed by atoms with Crippen molar-refractivity contribution in [3.63, 3.8) is 0 Å². The van der Waals surface area contributed by atoms with Gasteiger partial charge in [0.15, 0.2) is 0 Å². The van der Waals surface area contributed by atoms with Crippen molar-refractivity contribution < 1.29 is 9.50 Å². The summed E-state index contributed by atoms with van der Waals surface area (Å²) in [6, 6.07) is 15.5. The van der Waals surface area contributed by atoms with Crippen LogP contribution in [-0.2, 0) is 5.60 Å². The van der Waals surface area contributed by atoms with Gasteiger partial charge < -0.3 is 10.8 Å². The molecule has 148 valence electrons. The van der Waals surface area contributed by atoms with Gasteiger partial charge in [0.25, 0.3) is 0 Å². The largest absolute Gasteiger partial charge is 0.386 e. The summed E-state index contributed by atoms with van der Waals surface area (Å²) < 4.78 is 15.4. The Bertz CT molecular complexity index is 1180. The molecule has 0 aliphatic carbocycles. The van der Waals surface area contributed by atoms with Gasteiger partial charge in [-0.2, -0.15) is 0 Å². The Hall–Kier alpha value is -2.31. The van der Waals surface area contributed by atoms with Gasteiger partial charge in [-0.05, 0) is 55.1 Å². The number of nitrogens with two attached hydrogens (primary N) is 1. The summed E-state index contributed by atoms with van der Waals surface area (Å²) in [5, 5.41) is 11.7. The molecule has 0 amide bonds. The summed E-state index contributed by atoms with van der Waals surface area (Å²) in [4.78, 5) is 5.31. The normalized spacial score (nSPS) is 13.0. The number of thiophene rings is 1. The molecule has 2 heterocycles. The molecule has 4 aromatic rings. The minimum atomic E-state index is -0.962. The molecular formula is C23H20ClFN2OS. The first-order valence-corrected chi connectivity index (χ1v) is 10.4. The monoisotopic (exact) mass is 426 g/mol. The van der Waals surface area contributed by atoms with E-state index in [1.807, 2.05) is 30.3 Å². The van der Waals surface area contributed by atoms with Crippen molar-refractivity contribution in [2.75, 3.05) is 0 Å². The number of nitrogens with zero attached hydrogens (tertiary/aromatic N) is 1. The molecule has 2 aromatic carbocycles. The first-order chi connectivity index (χ1) is 13.8. The molecular weight excluding hydrogens is 407 g/mol. The number of hydrogen-bond donors (Lipinski definition) is 2. The lowest BCUT2D eigenvalue weighted by Gasteiger charge is -2.18. The second-order valence-electron chi connectivity index (χ2n) is 7.47. The van der Waals surface area contributed by atoms with E-state index in [9.17, 15) is 9.50 Å². The van der Waals surface area contributed by atoms with Gasteiger partial charge in [0.2, 0.25) is 0 Å². The third kappa shape index (κ3) is 3.79. The van der Waals surface area contributed by atoms with Crippen LogP contribution in [0, 0.1) is 5.82 Å². The van der Waals surface area contributed by atoms with E-state index in [4.69, 9.17) is 17.3 Å². The number of pyridine rings is 1. The molecule has 0 saturated carbocycles. The van der Waals surface area contributed by atoms with Crippen molar-refractivity contribution in [3.05, 3.63) is 87.6 Å². The lowest BCUT2D eigenvalue weighted by atomic mass is 9.97. The maximum absolute atomic E-state index is 14.3. The second-order valence-corrected chi connectivity index (χ2v) is 8.97. The minimum Gasteiger partial charge on any atom is -0.386 e. The van der Waals surface area contributed by atoms with Crippen molar-refractivity contribution in [3.8, 4) is 11.3 Å². The number of benzene rings is 2. The summed E-state index contributed by atoms with van der Waals surface area (Å²) in [7, 11) is 0. The van der Waals surface area contributed by atoms with Crippen LogP contribution < -0.4 is 5.73 Å². The highest BCUT2D eigenvalue weighted by molar-refractivity contribution is 7.19. The van der Waals surface area contributed by atoms with Crippen molar-refractivity contribution in [2.45, 2.75) is 25.5 Å². The van der Waals surface area contributed by atoms with E-state index in [1.165, 1.54) is 17.4 Å². The van der Waals surface area contributed by atoms with Crippen LogP contribution in [0.5, 0.6) is 0 Å². The van der Waals surface area contributed by atoms with E-state index in [-0.39, 0.29) is 0 Å². The molecule has 2 aromatic heterocycles. The Morgan fingerprint density at radius 2 is 1.90 bits per heavy atom. The van der Waals surface area contributed by atoms with Gasteiger partial charge in [-0.25, -0.2) is 4.39 Å². The highest BCUT2D eigenvalue weighted by Gasteiger charge is 2.21. The van der Waals surface area contributed by atoms with Crippen molar-refractivity contribution in [1.82, 2.24) is 4.98 Å². The molecule has 0 unspecified atom stereocenters. The fraction of sp³-hybridized carbons (Fsp3) is 0.174. The predicted molar refractivity (Wildman–Crippen MR) is 118 cm³/mol. The Morgan fingerprint density at radius 3 is 2.62 bits per heavy atom. The fourth-order valence-electron chi connectivity index (χ4n) is 3.35. The SMILES string of the molecule is CC(C)(O)c1ccnc(-c2cccc3cc([C@H](N)c4c(F)cccc4Cl)sc23)c1. The van der Waals surface area contributed by atoms with Gasteiger partial charge in [-0.3, -0.25) is 4.98 Å². The number of rotatable bonds is 4. The highest BCUT2D eigenvalue weighted by Crippen LogP contribution is 2.39. The molecule has 0 aliphatic heterocycles. The molecule has 0 aliphatic rings. The summed E-state index contributed by atoms with van der Waals surface area (Å²) in [5.74, 6) is -0.415. The van der Waals surface area contributed by atoms with Crippen LogP contribution in [0.15, 0.2) is 60.8 Å². The van der Waals surface area contributed by atoms with Gasteiger partial charge in [0.1, 0.15) is 5.82 Å². The quantitative estimate of drug-likeness (QED) is 0.418. The van der Waals surface area contributed by atoms with Crippen molar-refractivity contribution in [2.24, 2.45) is 5.73 Å². The van der Waals surface area contributed by atoms with E-state index in [2.05, 4.69) is 4.98 Å². The van der Waals surface area contributed by atoms with E-state index in [0.717, 1.165) is 31.8 Å². The van der Waals surface area contributed by atoms with Crippen LogP contribution in [0.25, 0.3) is 21.3 Å². The molecule has 4 rings (SSSR count). The number of aliphatic hydroxyl groups is 1. The Balaban J connectivity index is 1.83. The molecule has 29 heavy (non-hydrogen) atoms. The zero-order chi connectivity index (χ0) is 20.8. The molecule has 1 atom stereocenters. The van der Waals surface area contributed by atoms with Crippen LogP contribution in [-0.4, -0.2) is 10.1 Å². The van der Waals surface area contributed by atoms with Crippen molar-refractivity contribution in [1.29, 1.82) is 0 Å². The highest BCUT2D eigenvalue weighted by atomic mass is 35.5. The maximum Gasteiger partial charge on any atom is 0.129 e. The zero-order valence-corrected chi connectivity index (χ0v) is 17.6. The number of aromatic nitrogens is 1. The molecule has 6 heteroatoms. The van der Waals surface area contributed by atoms with E-state index in [1.54, 1.807) is 38.2 Å². The minimum absolute atomic E-state index is 0.296. The van der Waals surface area contributed by atoms with E-state index in [0.29, 0.717) is 10.6 Å². The van der Waals surface area contributed by atoms with Gasteiger partial charge in [0.05, 0.1) is 17.3 Å². The number of halogens is 2. The third-order valence-electron chi connectivity index (χ3n) is 4.92. The number of fused-ring (bicyclic) bond motifs is 1. The average molecular weight is 427 g/mol. The Morgan fingerprint density at radius 1 is 1.14 bits per heavy atom. The van der Waals surface area contributed by atoms with Crippen LogP contribution in [0.3, 0.4) is 0 Å². The van der Waals surface area contributed by atoms with E-state index < -0.39 is 17.5 Å². The van der Waals surface area contributed by atoms with Gasteiger partial charge in [0, 0.05) is 31.9 Å². The average Bonchev–Trinajstić information content (AvgIpc) is 3.11. The molecule has 0 radical (unpaired) electrons. The third-order valence-corrected chi connectivity index (χ3v) is 6.52. The molecule has 0 saturated heterocycles. The van der Waals surface area contributed by atoms with Crippen LogP contribution in [0.4, 0.5) is 4.39 Å². The summed E-state index contributed by atoms with van der Waals surface area (Å²) >= 11 is 7.71. The molecule has 0 fully saturated rings. The fourth-order valence-corrected chi connectivity index (χ4v) is 4.82. The van der Waals surface area contributed by atoms with E-state index >= 15 is 0 Å². The van der Waals surface area contributed by atoms with Crippen LogP contribution in [0.2, 0.25) is 5.02 Å². The molecule has 3 nitrogen and oxygen atoms in total. The van der Waals surface area contributed by atoms with Crippen LogP contribution >= 0.6 is 22.9 Å². The summed E-state index contributed by atoms with van der Waals surface area (Å²) in [6.07, 6.45) is 1.70. The lowest BCUT2D eigenvalue weighted by molar-refractivity contribution is 0.0785. The first kappa shape index (κ1) is 20.0. The second kappa shape index (κ2) is 7.50. The molecule has 0 spiro atoms. The van der Waals surface area contributed by atoms with Gasteiger partial charge in [-0.1, -0.05) is 35.9 Å². The molecule has 0 bridgehead atoms. The summed E-state index contributed by atoms with van der Waals surface area (Å²) in [6.45, 7) is 3.49. The number of hydrogen-bond acceptors (Lipinski definition) is 4. The first-order valence-electron chi connectivity index (χ1n) is 9.17. The maximum atomic E-state index is 14.3. The summed E-state index contributed by atoms with van der Waals surface area (Å²) in [5.41, 5.74) is 8.21. The smallest absolute Gasteiger partial charge is 0.129 e. The lowest BCUT2D eigenvalue weighted by Crippen LogP contribution is -2.15. The zero-order valence-electron chi connectivity index (χ0n) is 16.0. The Kier molecular flexibility index (Phi) is 5.17. The van der Waals surface area contributed by atoms with Crippen LogP contribution in [0.1, 0.15) is 35.9 Å².